The highest BCUT2D eigenvalue weighted by Crippen LogP contribution is 2.26. The van der Waals surface area contributed by atoms with Crippen LogP contribution in [0.3, 0.4) is 0 Å². The summed E-state index contributed by atoms with van der Waals surface area (Å²) in [6.45, 7) is 10.9. The summed E-state index contributed by atoms with van der Waals surface area (Å²) in [6, 6.07) is 0. The van der Waals surface area contributed by atoms with Crippen molar-refractivity contribution < 1.29 is 4.79 Å². The van der Waals surface area contributed by atoms with Crippen LogP contribution in [-0.4, -0.2) is 17.4 Å². The van der Waals surface area contributed by atoms with E-state index >= 15 is 0 Å². The van der Waals surface area contributed by atoms with Gasteiger partial charge < -0.3 is 11.1 Å². The number of carbonyl (C=O) groups is 1. The summed E-state index contributed by atoms with van der Waals surface area (Å²) in [4.78, 5) is 16.6. The van der Waals surface area contributed by atoms with E-state index in [1.807, 2.05) is 5.38 Å². The van der Waals surface area contributed by atoms with Crippen LogP contribution in [0.2, 0.25) is 0 Å². The monoisotopic (exact) mass is 283 g/mol. The molecule has 0 fully saturated rings. The van der Waals surface area contributed by atoms with Gasteiger partial charge in [0, 0.05) is 17.3 Å². The summed E-state index contributed by atoms with van der Waals surface area (Å²) >= 11 is 1.47. The second-order valence-electron chi connectivity index (χ2n) is 6.34. The fourth-order valence-corrected chi connectivity index (χ4v) is 2.70. The molecule has 1 aromatic heterocycles. The molecule has 0 saturated carbocycles. The number of hydrogen-bond acceptors (Lipinski definition) is 4. The Balaban J connectivity index is 2.68. The molecule has 1 rings (SSSR count). The van der Waals surface area contributed by atoms with Gasteiger partial charge in [0.05, 0.1) is 11.6 Å². The number of rotatable bonds is 5. The van der Waals surface area contributed by atoms with Gasteiger partial charge in [-0.15, -0.1) is 11.3 Å². The number of hydrogen-bond donors (Lipinski definition) is 2. The third kappa shape index (κ3) is 4.91. The lowest BCUT2D eigenvalue weighted by molar-refractivity contribution is -0.120. The molecule has 0 spiro atoms. The Morgan fingerprint density at radius 1 is 1.47 bits per heavy atom. The summed E-state index contributed by atoms with van der Waals surface area (Å²) in [7, 11) is 0. The van der Waals surface area contributed by atoms with Crippen LogP contribution in [0.15, 0.2) is 5.38 Å². The standard InChI is InChI=1S/C14H25N3OS/c1-9(2)6-10(7-15)12(18)17-13-16-11(8-19-13)14(3,4)5/h8-10H,6-7,15H2,1-5H3,(H,16,17,18). The van der Waals surface area contributed by atoms with Crippen molar-refractivity contribution >= 4 is 22.4 Å². The van der Waals surface area contributed by atoms with Gasteiger partial charge in [-0.05, 0) is 12.3 Å². The molecule has 1 unspecified atom stereocenters. The van der Waals surface area contributed by atoms with Gasteiger partial charge in [-0.2, -0.15) is 0 Å². The first-order valence-electron chi connectivity index (χ1n) is 6.71. The molecule has 1 heterocycles. The minimum absolute atomic E-state index is 0.00464. The lowest BCUT2D eigenvalue weighted by atomic mass is 9.93. The lowest BCUT2D eigenvalue weighted by Crippen LogP contribution is -2.30. The Labute approximate surface area is 119 Å². The van der Waals surface area contributed by atoms with Crippen molar-refractivity contribution in [3.05, 3.63) is 11.1 Å². The predicted molar refractivity (Wildman–Crippen MR) is 81.4 cm³/mol. The topological polar surface area (TPSA) is 68.0 Å². The highest BCUT2D eigenvalue weighted by molar-refractivity contribution is 7.13. The van der Waals surface area contributed by atoms with Gasteiger partial charge in [-0.1, -0.05) is 34.6 Å². The maximum Gasteiger partial charge on any atom is 0.230 e. The molecule has 1 aromatic rings. The molecule has 0 bridgehead atoms. The van der Waals surface area contributed by atoms with E-state index < -0.39 is 0 Å². The van der Waals surface area contributed by atoms with Gasteiger partial charge in [-0.3, -0.25) is 4.79 Å². The second-order valence-corrected chi connectivity index (χ2v) is 7.20. The number of aromatic nitrogens is 1. The SMILES string of the molecule is CC(C)CC(CN)C(=O)Nc1nc(C(C)(C)C)cs1. The molecule has 108 valence electrons. The van der Waals surface area contributed by atoms with Gasteiger partial charge in [0.15, 0.2) is 5.13 Å². The van der Waals surface area contributed by atoms with E-state index in [4.69, 9.17) is 5.73 Å². The predicted octanol–water partition coefficient (Wildman–Crippen LogP) is 3.00. The third-order valence-electron chi connectivity index (χ3n) is 2.91. The summed E-state index contributed by atoms with van der Waals surface area (Å²) < 4.78 is 0. The normalized spacial score (nSPS) is 13.6. The molecule has 0 aromatic carbocycles. The Morgan fingerprint density at radius 2 is 2.11 bits per heavy atom. The summed E-state index contributed by atoms with van der Waals surface area (Å²) in [6.07, 6.45) is 0.805. The van der Waals surface area contributed by atoms with Crippen LogP contribution in [0.1, 0.15) is 46.7 Å². The minimum atomic E-state index is -0.137. The molecule has 4 nitrogen and oxygen atoms in total. The number of thiazole rings is 1. The van der Waals surface area contributed by atoms with Crippen molar-refractivity contribution in [1.82, 2.24) is 4.98 Å². The number of nitrogens with one attached hydrogen (secondary N) is 1. The molecule has 1 amide bonds. The fourth-order valence-electron chi connectivity index (χ4n) is 1.76. The van der Waals surface area contributed by atoms with Crippen molar-refractivity contribution in [2.75, 3.05) is 11.9 Å². The Morgan fingerprint density at radius 3 is 2.53 bits per heavy atom. The molecule has 0 aliphatic rings. The van der Waals surface area contributed by atoms with Gasteiger partial charge in [0.2, 0.25) is 5.91 Å². The summed E-state index contributed by atoms with van der Waals surface area (Å²) in [5.41, 5.74) is 6.68. The number of anilines is 1. The smallest absolute Gasteiger partial charge is 0.230 e. The zero-order valence-corrected chi connectivity index (χ0v) is 13.3. The van der Waals surface area contributed by atoms with Crippen molar-refractivity contribution in [3.63, 3.8) is 0 Å². The number of nitrogens with zero attached hydrogens (tertiary/aromatic N) is 1. The van der Waals surface area contributed by atoms with Crippen LogP contribution in [0.5, 0.6) is 0 Å². The van der Waals surface area contributed by atoms with Crippen LogP contribution < -0.4 is 11.1 Å². The molecule has 3 N–H and O–H groups in total. The summed E-state index contributed by atoms with van der Waals surface area (Å²) in [5, 5.41) is 5.54. The maximum absolute atomic E-state index is 12.1. The second kappa shape index (κ2) is 6.48. The fraction of sp³-hybridized carbons (Fsp3) is 0.714. The van der Waals surface area contributed by atoms with E-state index in [2.05, 4.69) is 44.9 Å². The van der Waals surface area contributed by atoms with Crippen molar-refractivity contribution in [3.8, 4) is 0 Å². The van der Waals surface area contributed by atoms with Crippen LogP contribution in [-0.2, 0) is 10.2 Å². The van der Waals surface area contributed by atoms with Crippen molar-refractivity contribution in [2.24, 2.45) is 17.6 Å². The number of carbonyl (C=O) groups excluding carboxylic acids is 1. The first-order valence-corrected chi connectivity index (χ1v) is 7.59. The quantitative estimate of drug-likeness (QED) is 0.873. The first kappa shape index (κ1) is 16.1. The van der Waals surface area contributed by atoms with E-state index in [1.165, 1.54) is 11.3 Å². The van der Waals surface area contributed by atoms with E-state index in [1.54, 1.807) is 0 Å². The first-order chi connectivity index (χ1) is 8.74. The average Bonchev–Trinajstić information content (AvgIpc) is 2.73. The van der Waals surface area contributed by atoms with Crippen LogP contribution in [0, 0.1) is 11.8 Å². The lowest BCUT2D eigenvalue weighted by Gasteiger charge is -2.16. The minimum Gasteiger partial charge on any atom is -0.330 e. The molecule has 0 saturated heterocycles. The molecule has 0 aliphatic carbocycles. The van der Waals surface area contributed by atoms with Gasteiger partial charge in [-0.25, -0.2) is 4.98 Å². The van der Waals surface area contributed by atoms with Crippen LogP contribution >= 0.6 is 11.3 Å². The maximum atomic E-state index is 12.1. The molecule has 19 heavy (non-hydrogen) atoms. The van der Waals surface area contributed by atoms with Crippen LogP contribution in [0.25, 0.3) is 0 Å². The average molecular weight is 283 g/mol. The van der Waals surface area contributed by atoms with Gasteiger partial charge in [0.1, 0.15) is 0 Å². The van der Waals surface area contributed by atoms with E-state index in [9.17, 15) is 4.79 Å². The van der Waals surface area contributed by atoms with E-state index in [0.29, 0.717) is 17.6 Å². The highest BCUT2D eigenvalue weighted by atomic mass is 32.1. The molecule has 1 atom stereocenters. The highest BCUT2D eigenvalue weighted by Gasteiger charge is 2.21. The Kier molecular flexibility index (Phi) is 5.50. The molecule has 0 aliphatic heterocycles. The molecule has 5 heteroatoms. The molecule has 0 radical (unpaired) electrons. The number of amides is 1. The van der Waals surface area contributed by atoms with Crippen molar-refractivity contribution in [1.29, 1.82) is 0 Å². The Bertz CT molecular complexity index is 421. The zero-order valence-electron chi connectivity index (χ0n) is 12.5. The van der Waals surface area contributed by atoms with E-state index in [0.717, 1.165) is 12.1 Å². The largest absolute Gasteiger partial charge is 0.330 e. The molecular weight excluding hydrogens is 258 g/mol. The zero-order chi connectivity index (χ0) is 14.6. The summed E-state index contributed by atoms with van der Waals surface area (Å²) in [5.74, 6) is 0.300. The molecular formula is C14H25N3OS. The van der Waals surface area contributed by atoms with Crippen molar-refractivity contribution in [2.45, 2.75) is 46.5 Å². The van der Waals surface area contributed by atoms with Gasteiger partial charge >= 0.3 is 0 Å². The number of nitrogens with two attached hydrogens (primary N) is 1. The Hall–Kier alpha value is -0.940. The van der Waals surface area contributed by atoms with E-state index in [-0.39, 0.29) is 17.2 Å². The third-order valence-corrected chi connectivity index (χ3v) is 3.67. The van der Waals surface area contributed by atoms with Crippen LogP contribution in [0.4, 0.5) is 5.13 Å². The van der Waals surface area contributed by atoms with Gasteiger partial charge in [0.25, 0.3) is 0 Å².